The molecular formula is C31H25N3O7. The van der Waals surface area contributed by atoms with Crippen molar-refractivity contribution >= 4 is 61.5 Å². The van der Waals surface area contributed by atoms with E-state index in [0.29, 0.717) is 12.1 Å². The summed E-state index contributed by atoms with van der Waals surface area (Å²) in [5.74, 6) is -1.64. The summed E-state index contributed by atoms with van der Waals surface area (Å²) in [6.07, 6.45) is 0.178. The lowest BCUT2D eigenvalue weighted by molar-refractivity contribution is -0.205. The van der Waals surface area contributed by atoms with Crippen LogP contribution >= 0.6 is 0 Å². The Morgan fingerprint density at radius 2 is 1.76 bits per heavy atom. The molecule has 1 fully saturated rings. The van der Waals surface area contributed by atoms with E-state index in [1.54, 1.807) is 6.92 Å². The van der Waals surface area contributed by atoms with Gasteiger partial charge < -0.3 is 33.8 Å². The maximum absolute atomic E-state index is 13.7. The molecule has 1 unspecified atom stereocenters. The number of fused-ring (bicyclic) bond motifs is 13. The maximum atomic E-state index is 13.7. The average Bonchev–Trinajstić information content (AvgIpc) is 3.67. The lowest BCUT2D eigenvalue weighted by Crippen LogP contribution is -2.56. The van der Waals surface area contributed by atoms with Crippen molar-refractivity contribution in [1.82, 2.24) is 14.5 Å². The first kappa shape index (κ1) is 24.2. The van der Waals surface area contributed by atoms with E-state index < -0.39 is 29.5 Å². The van der Waals surface area contributed by atoms with Crippen LogP contribution in [0.25, 0.3) is 43.6 Å². The van der Waals surface area contributed by atoms with Crippen molar-refractivity contribution in [2.24, 2.45) is 0 Å². The summed E-state index contributed by atoms with van der Waals surface area (Å²) in [4.78, 5) is 38.5. The average molecular weight is 552 g/mol. The van der Waals surface area contributed by atoms with Crippen LogP contribution in [0.4, 0.5) is 0 Å². The molecule has 1 saturated heterocycles. The van der Waals surface area contributed by atoms with Gasteiger partial charge >= 0.3 is 11.9 Å². The molecule has 206 valence electrons. The number of hydrogen-bond acceptors (Lipinski definition) is 7. The molecule has 10 heteroatoms. The molecule has 0 radical (unpaired) electrons. The fourth-order valence-electron chi connectivity index (χ4n) is 7.18. The van der Waals surface area contributed by atoms with Gasteiger partial charge in [0.15, 0.2) is 5.72 Å². The molecule has 1 amide bonds. The molecule has 0 saturated carbocycles. The largest absolute Gasteiger partial charge is 0.460 e. The van der Waals surface area contributed by atoms with Crippen LogP contribution in [0.3, 0.4) is 0 Å². The molecule has 3 aliphatic rings. The van der Waals surface area contributed by atoms with E-state index in [1.807, 2.05) is 57.7 Å². The molecule has 10 nitrogen and oxygen atoms in total. The van der Waals surface area contributed by atoms with Gasteiger partial charge in [-0.05, 0) is 24.6 Å². The summed E-state index contributed by atoms with van der Waals surface area (Å²) < 4.78 is 21.1. The predicted octanol–water partition coefficient (Wildman–Crippen LogP) is 3.75. The van der Waals surface area contributed by atoms with Crippen molar-refractivity contribution in [1.29, 1.82) is 0 Å². The quantitative estimate of drug-likeness (QED) is 0.194. The third-order valence-electron chi connectivity index (χ3n) is 8.90. The highest BCUT2D eigenvalue weighted by molar-refractivity contribution is 6.31. The molecule has 5 aromatic rings. The highest BCUT2D eigenvalue weighted by atomic mass is 16.6. The Morgan fingerprint density at radius 1 is 1.07 bits per heavy atom. The van der Waals surface area contributed by atoms with Crippen LogP contribution in [-0.4, -0.2) is 50.9 Å². The van der Waals surface area contributed by atoms with Gasteiger partial charge in [0.05, 0.1) is 27.6 Å². The van der Waals surface area contributed by atoms with Crippen LogP contribution in [0, 0.1) is 0 Å². The molecule has 3 atom stereocenters. The first-order valence-corrected chi connectivity index (χ1v) is 13.5. The van der Waals surface area contributed by atoms with Gasteiger partial charge in [0, 0.05) is 40.6 Å². The molecule has 2 aromatic heterocycles. The number of hydrogen-bond donors (Lipinski definition) is 2. The maximum Gasteiger partial charge on any atom is 0.343 e. The summed E-state index contributed by atoms with van der Waals surface area (Å²) in [5, 5.41) is 18.8. The van der Waals surface area contributed by atoms with Crippen LogP contribution in [0.2, 0.25) is 0 Å². The number of aliphatic hydroxyl groups is 1. The molecule has 2 N–H and O–H groups in total. The normalized spacial score (nSPS) is 24.2. The van der Waals surface area contributed by atoms with E-state index in [9.17, 15) is 19.5 Å². The zero-order valence-electron chi connectivity index (χ0n) is 22.1. The van der Waals surface area contributed by atoms with Gasteiger partial charge in [0.25, 0.3) is 5.91 Å². The van der Waals surface area contributed by atoms with Gasteiger partial charge in [-0.25, -0.2) is 9.59 Å². The minimum Gasteiger partial charge on any atom is -0.460 e. The number of esters is 2. The van der Waals surface area contributed by atoms with Crippen LogP contribution in [0.5, 0.6) is 0 Å². The lowest BCUT2D eigenvalue weighted by atomic mass is 9.88. The van der Waals surface area contributed by atoms with Crippen molar-refractivity contribution in [3.05, 3.63) is 72.3 Å². The molecular weight excluding hydrogens is 526 g/mol. The molecule has 2 bridgehead atoms. The molecule has 3 aromatic carbocycles. The minimum atomic E-state index is -2.10. The zero-order valence-corrected chi connectivity index (χ0v) is 22.1. The lowest BCUT2D eigenvalue weighted by Gasteiger charge is -2.37. The Balaban J connectivity index is 1.44. The smallest absolute Gasteiger partial charge is 0.343 e. The number of carbonyl (C=O) groups is 3. The number of amides is 1. The number of ether oxygens (including phenoxy) is 3. The summed E-state index contributed by atoms with van der Waals surface area (Å²) in [5.41, 5.74) is 1.05. The number of carbonyl (C=O) groups excluding carboxylic acids is 3. The molecule has 3 aliphatic heterocycles. The second-order valence-electron chi connectivity index (χ2n) is 10.9. The minimum absolute atomic E-state index is 0.0979. The van der Waals surface area contributed by atoms with Crippen molar-refractivity contribution in [2.45, 2.75) is 37.4 Å². The molecule has 5 heterocycles. The van der Waals surface area contributed by atoms with E-state index in [1.165, 1.54) is 0 Å². The van der Waals surface area contributed by atoms with E-state index in [2.05, 4.69) is 11.9 Å². The summed E-state index contributed by atoms with van der Waals surface area (Å²) in [6, 6.07) is 15.5. The first-order chi connectivity index (χ1) is 19.8. The first-order valence-electron chi connectivity index (χ1n) is 13.5. The third-order valence-corrected chi connectivity index (χ3v) is 8.90. The molecule has 8 rings (SSSR count). The van der Waals surface area contributed by atoms with E-state index in [-0.39, 0.29) is 25.5 Å². The summed E-state index contributed by atoms with van der Waals surface area (Å²) in [6.45, 7) is 5.01. The highest BCUT2D eigenvalue weighted by Crippen LogP contribution is 2.57. The Morgan fingerprint density at radius 3 is 2.51 bits per heavy atom. The van der Waals surface area contributed by atoms with Crippen molar-refractivity contribution in [3.8, 4) is 0 Å². The highest BCUT2D eigenvalue weighted by Gasteiger charge is 2.66. The number of rotatable bonds is 5. The van der Waals surface area contributed by atoms with Crippen molar-refractivity contribution < 1.29 is 33.7 Å². The van der Waals surface area contributed by atoms with E-state index in [4.69, 9.17) is 14.2 Å². The number of benzene rings is 3. The SMILES string of the molecule is C=CC(=O)OCCOC(=O)[C@@]1(O)CC2O[C@]1(C)n1c3ccccc3c3c4c(c5c6ccccc6n2c5c31)C(=O)NC4. The number of para-hydroxylation sites is 2. The van der Waals surface area contributed by atoms with Gasteiger partial charge in [0.1, 0.15) is 19.4 Å². The van der Waals surface area contributed by atoms with Crippen LogP contribution in [0.1, 0.15) is 35.5 Å². The number of aromatic nitrogens is 2. The predicted molar refractivity (Wildman–Crippen MR) is 149 cm³/mol. The monoisotopic (exact) mass is 551 g/mol. The van der Waals surface area contributed by atoms with Crippen LogP contribution in [-0.2, 0) is 36.1 Å². The summed E-state index contributed by atoms with van der Waals surface area (Å²) >= 11 is 0. The second-order valence-corrected chi connectivity index (χ2v) is 10.9. The Bertz CT molecular complexity index is 2040. The van der Waals surface area contributed by atoms with E-state index >= 15 is 0 Å². The topological polar surface area (TPSA) is 121 Å². The Kier molecular flexibility index (Phi) is 4.69. The van der Waals surface area contributed by atoms with Gasteiger partial charge in [0.2, 0.25) is 5.60 Å². The molecule has 41 heavy (non-hydrogen) atoms. The van der Waals surface area contributed by atoms with Gasteiger partial charge in [-0.1, -0.05) is 43.0 Å². The Hall–Kier alpha value is -4.67. The van der Waals surface area contributed by atoms with E-state index in [0.717, 1.165) is 55.3 Å². The number of nitrogens with one attached hydrogen (secondary N) is 1. The second kappa shape index (κ2) is 7.96. The molecule has 0 spiro atoms. The summed E-state index contributed by atoms with van der Waals surface area (Å²) in [7, 11) is 0. The zero-order chi connectivity index (χ0) is 28.3. The number of nitrogens with zero attached hydrogens (tertiary/aromatic N) is 2. The van der Waals surface area contributed by atoms with Gasteiger partial charge in [-0.3, -0.25) is 4.79 Å². The standard InChI is InChI=1S/C31H25N3O7/c1-3-22(35)39-12-13-40-29(37)31(38)14-21-33-19-10-6-4-8-16(19)24-25-18(15-32-28(25)36)23-17-9-5-7-11-20(17)34(27(23)26(24)33)30(31,2)41-21/h3-11,21,38H,1,12-15H2,2H3,(H,32,36)/t21?,30-,31-/m0/s1. The fourth-order valence-corrected chi connectivity index (χ4v) is 7.18. The fraction of sp³-hybridized carbons (Fsp3) is 0.258. The van der Waals surface area contributed by atoms with Crippen molar-refractivity contribution in [3.63, 3.8) is 0 Å². The Labute approximate surface area is 232 Å². The third kappa shape index (κ3) is 2.80. The van der Waals surface area contributed by atoms with Crippen molar-refractivity contribution in [2.75, 3.05) is 13.2 Å². The molecule has 0 aliphatic carbocycles. The van der Waals surface area contributed by atoms with Crippen LogP contribution in [0.15, 0.2) is 61.2 Å². The van der Waals surface area contributed by atoms with Gasteiger partial charge in [-0.15, -0.1) is 0 Å². The van der Waals surface area contributed by atoms with Crippen LogP contribution < -0.4 is 5.32 Å². The van der Waals surface area contributed by atoms with Gasteiger partial charge in [-0.2, -0.15) is 0 Å².